The van der Waals surface area contributed by atoms with Crippen molar-refractivity contribution in [3.8, 4) is 16.9 Å². The van der Waals surface area contributed by atoms with E-state index in [0.29, 0.717) is 27.2 Å². The molecule has 5 aromatic rings. The number of halogens is 2. The molecule has 0 fully saturated rings. The minimum absolute atomic E-state index is 0.227. The predicted molar refractivity (Wildman–Crippen MR) is 130 cm³/mol. The van der Waals surface area contributed by atoms with Crippen LogP contribution in [0.4, 0.5) is 0 Å². The van der Waals surface area contributed by atoms with Gasteiger partial charge >= 0.3 is 0 Å². The molecule has 32 heavy (non-hydrogen) atoms. The molecule has 1 amide bonds. The number of amides is 1. The molecule has 3 heterocycles. The van der Waals surface area contributed by atoms with Gasteiger partial charge in [0, 0.05) is 29.5 Å². The van der Waals surface area contributed by atoms with Gasteiger partial charge in [-0.05, 0) is 42.0 Å². The van der Waals surface area contributed by atoms with Crippen molar-refractivity contribution in [2.45, 2.75) is 6.54 Å². The van der Waals surface area contributed by atoms with Crippen LogP contribution in [0.25, 0.3) is 27.2 Å². The highest BCUT2D eigenvalue weighted by atomic mass is 35.5. The van der Waals surface area contributed by atoms with E-state index in [9.17, 15) is 4.79 Å². The van der Waals surface area contributed by atoms with Gasteiger partial charge < -0.3 is 5.32 Å². The van der Waals surface area contributed by atoms with Crippen LogP contribution < -0.4 is 5.32 Å². The van der Waals surface area contributed by atoms with E-state index in [1.807, 2.05) is 71.4 Å². The van der Waals surface area contributed by atoms with Gasteiger partial charge in [-0.2, -0.15) is 5.10 Å². The first-order valence-electron chi connectivity index (χ1n) is 9.81. The smallest absolute Gasteiger partial charge is 0.263 e. The van der Waals surface area contributed by atoms with Crippen LogP contribution in [-0.2, 0) is 6.54 Å². The first-order valence-corrected chi connectivity index (χ1v) is 11.4. The van der Waals surface area contributed by atoms with Crippen molar-refractivity contribution in [2.24, 2.45) is 0 Å². The second-order valence-electron chi connectivity index (χ2n) is 7.07. The van der Waals surface area contributed by atoms with E-state index < -0.39 is 0 Å². The van der Waals surface area contributed by atoms with Gasteiger partial charge in [-0.15, -0.1) is 11.3 Å². The number of fused-ring (bicyclic) bond motifs is 1. The molecule has 0 bridgehead atoms. The second-order valence-corrected chi connectivity index (χ2v) is 8.88. The Hall–Kier alpha value is -3.19. The molecule has 0 aliphatic rings. The van der Waals surface area contributed by atoms with Crippen molar-refractivity contribution in [3.63, 3.8) is 0 Å². The molecule has 3 aromatic heterocycles. The van der Waals surface area contributed by atoms with E-state index in [2.05, 4.69) is 10.3 Å². The van der Waals surface area contributed by atoms with Crippen LogP contribution in [0, 0.1) is 0 Å². The number of hydrogen-bond donors (Lipinski definition) is 1. The zero-order chi connectivity index (χ0) is 22.1. The molecule has 158 valence electrons. The third-order valence-corrected chi connectivity index (χ3v) is 6.89. The molecule has 0 unspecified atom stereocenters. The Morgan fingerprint density at radius 2 is 1.69 bits per heavy atom. The maximum absolute atomic E-state index is 13.0. The maximum atomic E-state index is 13.0. The van der Waals surface area contributed by atoms with Gasteiger partial charge in [0.1, 0.15) is 15.4 Å². The van der Waals surface area contributed by atoms with Gasteiger partial charge in [-0.1, -0.05) is 53.5 Å². The minimum atomic E-state index is -0.227. The number of nitrogens with zero attached hydrogens (tertiary/aromatic N) is 3. The minimum Gasteiger partial charge on any atom is -0.347 e. The predicted octanol–water partition coefficient (Wildman–Crippen LogP) is 6.39. The summed E-state index contributed by atoms with van der Waals surface area (Å²) in [4.78, 5) is 18.3. The summed E-state index contributed by atoms with van der Waals surface area (Å²) >= 11 is 14.2. The lowest BCUT2D eigenvalue weighted by molar-refractivity contribution is 0.0955. The molecule has 0 saturated heterocycles. The van der Waals surface area contributed by atoms with Gasteiger partial charge in [-0.25, -0.2) is 4.68 Å². The number of rotatable bonds is 5. The maximum Gasteiger partial charge on any atom is 0.263 e. The van der Waals surface area contributed by atoms with Gasteiger partial charge in [0.2, 0.25) is 0 Å². The van der Waals surface area contributed by atoms with E-state index >= 15 is 0 Å². The molecule has 0 atom stereocenters. The number of thiophene rings is 1. The number of hydrogen-bond acceptors (Lipinski definition) is 4. The van der Waals surface area contributed by atoms with Gasteiger partial charge in [0.25, 0.3) is 5.91 Å². The van der Waals surface area contributed by atoms with Crippen LogP contribution in [0.1, 0.15) is 15.2 Å². The molecular weight excluding hydrogens is 463 g/mol. The SMILES string of the molecule is O=C(NCc1ccncc1)c1sc2c(c(-c3ccc(Cl)cc3)nn2-c2ccccc2)c1Cl. The van der Waals surface area contributed by atoms with Crippen LogP contribution >= 0.6 is 34.5 Å². The topological polar surface area (TPSA) is 59.8 Å². The number of para-hydroxylation sites is 1. The summed E-state index contributed by atoms with van der Waals surface area (Å²) in [5, 5.41) is 9.56. The van der Waals surface area contributed by atoms with Crippen LogP contribution in [0.2, 0.25) is 10.0 Å². The van der Waals surface area contributed by atoms with Crippen molar-refractivity contribution < 1.29 is 4.79 Å². The Labute approximate surface area is 198 Å². The molecule has 0 spiro atoms. The molecule has 0 aliphatic carbocycles. The lowest BCUT2D eigenvalue weighted by Gasteiger charge is -2.05. The van der Waals surface area contributed by atoms with E-state index in [1.54, 1.807) is 12.4 Å². The zero-order valence-corrected chi connectivity index (χ0v) is 19.0. The molecule has 5 nitrogen and oxygen atoms in total. The summed E-state index contributed by atoms with van der Waals surface area (Å²) in [6.45, 7) is 0.390. The number of aromatic nitrogens is 3. The molecule has 0 saturated carbocycles. The Morgan fingerprint density at radius 3 is 2.41 bits per heavy atom. The van der Waals surface area contributed by atoms with Crippen molar-refractivity contribution >= 4 is 50.7 Å². The average Bonchev–Trinajstić information content (AvgIpc) is 3.37. The standard InChI is InChI=1S/C24H16Cl2N4OS/c25-17-8-6-16(7-9-17)21-19-20(26)22(23(31)28-14-15-10-12-27-13-11-15)32-24(19)30(29-21)18-4-2-1-3-5-18/h1-13H,14H2,(H,28,31). The molecular formula is C24H16Cl2N4OS. The van der Waals surface area contributed by atoms with E-state index in [0.717, 1.165) is 27.0 Å². The van der Waals surface area contributed by atoms with E-state index in [4.69, 9.17) is 28.3 Å². The fourth-order valence-corrected chi connectivity index (χ4v) is 5.06. The lowest BCUT2D eigenvalue weighted by atomic mass is 10.1. The van der Waals surface area contributed by atoms with E-state index in [1.165, 1.54) is 11.3 Å². The normalized spacial score (nSPS) is 11.1. The number of pyridine rings is 1. The highest BCUT2D eigenvalue weighted by Gasteiger charge is 2.25. The number of nitrogens with one attached hydrogen (secondary N) is 1. The third-order valence-electron chi connectivity index (χ3n) is 4.99. The van der Waals surface area contributed by atoms with Gasteiger partial charge in [0.05, 0.1) is 16.1 Å². The largest absolute Gasteiger partial charge is 0.347 e. The Morgan fingerprint density at radius 1 is 0.969 bits per heavy atom. The van der Waals surface area contributed by atoms with Crippen molar-refractivity contribution in [1.29, 1.82) is 0 Å². The number of carbonyl (C=O) groups excluding carboxylic acids is 1. The fourth-order valence-electron chi connectivity index (χ4n) is 3.41. The summed E-state index contributed by atoms with van der Waals surface area (Å²) in [6, 6.07) is 20.9. The van der Waals surface area contributed by atoms with Gasteiger partial charge in [-0.3, -0.25) is 9.78 Å². The third kappa shape index (κ3) is 3.88. The monoisotopic (exact) mass is 478 g/mol. The highest BCUT2D eigenvalue weighted by Crippen LogP contribution is 2.42. The highest BCUT2D eigenvalue weighted by molar-refractivity contribution is 7.21. The summed E-state index contributed by atoms with van der Waals surface area (Å²) < 4.78 is 1.83. The molecule has 0 radical (unpaired) electrons. The van der Waals surface area contributed by atoms with Crippen LogP contribution in [-0.4, -0.2) is 20.7 Å². The quantitative estimate of drug-likeness (QED) is 0.318. The van der Waals surface area contributed by atoms with E-state index in [-0.39, 0.29) is 5.91 Å². The molecule has 0 aliphatic heterocycles. The fraction of sp³-hybridized carbons (Fsp3) is 0.0417. The Bertz CT molecular complexity index is 1400. The average molecular weight is 479 g/mol. The molecule has 2 aromatic carbocycles. The molecule has 1 N–H and O–H groups in total. The van der Waals surface area contributed by atoms with Crippen LogP contribution in [0.3, 0.4) is 0 Å². The molecule has 5 rings (SSSR count). The number of benzene rings is 2. The summed E-state index contributed by atoms with van der Waals surface area (Å²) in [6.07, 6.45) is 3.39. The second kappa shape index (κ2) is 8.74. The zero-order valence-electron chi connectivity index (χ0n) is 16.6. The first kappa shape index (κ1) is 20.7. The number of carbonyl (C=O) groups is 1. The first-order chi connectivity index (χ1) is 15.6. The van der Waals surface area contributed by atoms with Gasteiger partial charge in [0.15, 0.2) is 0 Å². The van der Waals surface area contributed by atoms with Crippen LogP contribution in [0.5, 0.6) is 0 Å². The Balaban J connectivity index is 1.60. The summed E-state index contributed by atoms with van der Waals surface area (Å²) in [7, 11) is 0. The lowest BCUT2D eigenvalue weighted by Crippen LogP contribution is -2.22. The summed E-state index contributed by atoms with van der Waals surface area (Å²) in [5.74, 6) is -0.227. The van der Waals surface area contributed by atoms with Crippen molar-refractivity contribution in [2.75, 3.05) is 0 Å². The molecule has 8 heteroatoms. The Kier molecular flexibility index (Phi) is 5.66. The summed E-state index contributed by atoms with van der Waals surface area (Å²) in [5.41, 5.74) is 3.43. The van der Waals surface area contributed by atoms with Crippen molar-refractivity contribution in [1.82, 2.24) is 20.1 Å². The van der Waals surface area contributed by atoms with Crippen LogP contribution in [0.15, 0.2) is 79.1 Å². The van der Waals surface area contributed by atoms with Crippen molar-refractivity contribution in [3.05, 3.63) is 99.6 Å².